The summed E-state index contributed by atoms with van der Waals surface area (Å²) in [6.07, 6.45) is 0. The van der Waals surface area contributed by atoms with Gasteiger partial charge in [-0.25, -0.2) is 0 Å². The summed E-state index contributed by atoms with van der Waals surface area (Å²) < 4.78 is 0. The summed E-state index contributed by atoms with van der Waals surface area (Å²) in [5.74, 6) is 0. The normalized spacial score (nSPS) is 30.5. The van der Waals surface area contributed by atoms with Crippen LogP contribution >= 0.6 is 0 Å². The van der Waals surface area contributed by atoms with Crippen LogP contribution in [0.25, 0.3) is 0 Å². The Morgan fingerprint density at radius 2 is 1.71 bits per heavy atom. The Bertz CT molecular complexity index is 228. The molecule has 1 saturated heterocycles. The van der Waals surface area contributed by atoms with Crippen molar-refractivity contribution in [2.24, 2.45) is 5.41 Å². The van der Waals surface area contributed by atoms with Crippen molar-refractivity contribution in [3.63, 3.8) is 0 Å². The lowest BCUT2D eigenvalue weighted by molar-refractivity contribution is 0.0319. The van der Waals surface area contributed by atoms with Gasteiger partial charge in [0, 0.05) is 37.8 Å². The van der Waals surface area contributed by atoms with E-state index >= 15 is 0 Å². The predicted molar refractivity (Wildman–Crippen MR) is 75.4 cm³/mol. The highest BCUT2D eigenvalue weighted by atomic mass is 15.3. The topological polar surface area (TPSA) is 18.5 Å². The Morgan fingerprint density at radius 1 is 1.24 bits per heavy atom. The number of rotatable bonds is 4. The first kappa shape index (κ1) is 14.9. The summed E-state index contributed by atoms with van der Waals surface area (Å²) in [5, 5.41) is 3.39. The molecule has 0 saturated carbocycles. The molecule has 17 heavy (non-hydrogen) atoms. The molecular weight excluding hydrogens is 210 g/mol. The molecule has 1 N–H and O–H groups in total. The third kappa shape index (κ3) is 3.67. The van der Waals surface area contributed by atoms with Crippen LogP contribution in [0.15, 0.2) is 0 Å². The lowest BCUT2D eigenvalue weighted by Crippen LogP contribution is -2.57. The fourth-order valence-electron chi connectivity index (χ4n) is 2.75. The Kier molecular flexibility index (Phi) is 4.99. The zero-order valence-electron chi connectivity index (χ0n) is 12.7. The van der Waals surface area contributed by atoms with Gasteiger partial charge in [-0.1, -0.05) is 13.8 Å². The highest BCUT2D eigenvalue weighted by Gasteiger charge is 2.32. The number of nitrogens with one attached hydrogen (secondary N) is 1. The van der Waals surface area contributed by atoms with Gasteiger partial charge >= 0.3 is 0 Å². The van der Waals surface area contributed by atoms with E-state index in [1.807, 2.05) is 0 Å². The third-order valence-corrected chi connectivity index (χ3v) is 4.67. The van der Waals surface area contributed by atoms with Crippen LogP contribution in [0.5, 0.6) is 0 Å². The minimum atomic E-state index is 0.324. The zero-order chi connectivity index (χ0) is 13.2. The van der Waals surface area contributed by atoms with E-state index in [0.29, 0.717) is 23.5 Å². The Hall–Kier alpha value is -0.120. The predicted octanol–water partition coefficient (Wildman–Crippen LogP) is 1.64. The fourth-order valence-corrected chi connectivity index (χ4v) is 2.75. The van der Waals surface area contributed by atoms with Crippen LogP contribution in [0.4, 0.5) is 0 Å². The van der Waals surface area contributed by atoms with Crippen LogP contribution in [0.2, 0.25) is 0 Å². The first-order valence-corrected chi connectivity index (χ1v) is 6.89. The molecule has 102 valence electrons. The molecule has 0 aromatic heterocycles. The monoisotopic (exact) mass is 241 g/mol. The number of hydrogen-bond donors (Lipinski definition) is 1. The van der Waals surface area contributed by atoms with Gasteiger partial charge in [0.05, 0.1) is 0 Å². The molecule has 1 heterocycles. The molecule has 0 bridgehead atoms. The molecule has 0 radical (unpaired) electrons. The molecule has 1 aliphatic heterocycles. The van der Waals surface area contributed by atoms with Crippen molar-refractivity contribution in [1.29, 1.82) is 0 Å². The van der Waals surface area contributed by atoms with E-state index in [9.17, 15) is 0 Å². The van der Waals surface area contributed by atoms with E-state index in [4.69, 9.17) is 0 Å². The summed E-state index contributed by atoms with van der Waals surface area (Å²) in [4.78, 5) is 5.12. The quantitative estimate of drug-likeness (QED) is 0.807. The molecule has 1 rings (SSSR count). The highest BCUT2D eigenvalue weighted by molar-refractivity contribution is 4.88. The van der Waals surface area contributed by atoms with E-state index in [2.05, 4.69) is 63.8 Å². The van der Waals surface area contributed by atoms with Gasteiger partial charge in [0.15, 0.2) is 0 Å². The van der Waals surface area contributed by atoms with Crippen LogP contribution in [0, 0.1) is 5.41 Å². The van der Waals surface area contributed by atoms with E-state index in [-0.39, 0.29) is 0 Å². The molecule has 0 aromatic carbocycles. The number of likely N-dealkylation sites (N-methyl/N-ethyl adjacent to an activating group) is 1. The second-order valence-corrected chi connectivity index (χ2v) is 6.56. The maximum atomic E-state index is 3.39. The third-order valence-electron chi connectivity index (χ3n) is 4.67. The first-order valence-electron chi connectivity index (χ1n) is 6.89. The Labute approximate surface area is 108 Å². The van der Waals surface area contributed by atoms with Crippen molar-refractivity contribution in [2.75, 3.05) is 33.7 Å². The number of piperazine rings is 1. The molecule has 3 atom stereocenters. The average Bonchev–Trinajstić information content (AvgIpc) is 2.24. The van der Waals surface area contributed by atoms with Crippen LogP contribution in [-0.4, -0.2) is 61.7 Å². The standard InChI is InChI=1S/C14H31N3/c1-11-8-17(9-12(2)16(11)7)10-14(4,5)13(3)15-6/h11-13,15H,8-10H2,1-7H3. The molecule has 0 amide bonds. The van der Waals surface area contributed by atoms with E-state index < -0.39 is 0 Å². The SMILES string of the molecule is CNC(C)C(C)(C)CN1CC(C)N(C)C(C)C1. The second-order valence-electron chi connectivity index (χ2n) is 6.56. The van der Waals surface area contributed by atoms with E-state index in [1.165, 1.54) is 19.6 Å². The zero-order valence-corrected chi connectivity index (χ0v) is 12.7. The molecule has 0 spiro atoms. The van der Waals surface area contributed by atoms with Crippen molar-refractivity contribution in [2.45, 2.75) is 52.7 Å². The molecular formula is C14H31N3. The van der Waals surface area contributed by atoms with E-state index in [1.54, 1.807) is 0 Å². The summed E-state index contributed by atoms with van der Waals surface area (Å²) in [6.45, 7) is 15.2. The minimum absolute atomic E-state index is 0.324. The van der Waals surface area contributed by atoms with Gasteiger partial charge in [0.25, 0.3) is 0 Å². The second kappa shape index (κ2) is 5.68. The Morgan fingerprint density at radius 3 is 2.12 bits per heavy atom. The largest absolute Gasteiger partial charge is 0.317 e. The molecule has 1 aliphatic rings. The molecule has 0 aliphatic carbocycles. The van der Waals surface area contributed by atoms with Crippen LogP contribution in [0.3, 0.4) is 0 Å². The first-order chi connectivity index (χ1) is 7.77. The fraction of sp³-hybridized carbons (Fsp3) is 1.00. The van der Waals surface area contributed by atoms with E-state index in [0.717, 1.165) is 0 Å². The van der Waals surface area contributed by atoms with Gasteiger partial charge in [-0.3, -0.25) is 9.80 Å². The maximum Gasteiger partial charge on any atom is 0.0195 e. The summed E-state index contributed by atoms with van der Waals surface area (Å²) >= 11 is 0. The van der Waals surface area contributed by atoms with Crippen LogP contribution < -0.4 is 5.32 Å². The Balaban J connectivity index is 2.58. The van der Waals surface area contributed by atoms with Gasteiger partial charge in [0.1, 0.15) is 0 Å². The molecule has 3 nitrogen and oxygen atoms in total. The molecule has 0 aromatic rings. The number of nitrogens with zero attached hydrogens (tertiary/aromatic N) is 2. The van der Waals surface area contributed by atoms with Crippen LogP contribution in [0.1, 0.15) is 34.6 Å². The van der Waals surface area contributed by atoms with Crippen molar-refractivity contribution in [1.82, 2.24) is 15.1 Å². The van der Waals surface area contributed by atoms with Crippen molar-refractivity contribution >= 4 is 0 Å². The molecule has 3 unspecified atom stereocenters. The highest BCUT2D eigenvalue weighted by Crippen LogP contribution is 2.24. The average molecular weight is 241 g/mol. The minimum Gasteiger partial charge on any atom is -0.317 e. The molecule has 1 fully saturated rings. The van der Waals surface area contributed by atoms with Crippen LogP contribution in [-0.2, 0) is 0 Å². The van der Waals surface area contributed by atoms with Crippen molar-refractivity contribution in [3.8, 4) is 0 Å². The lowest BCUT2D eigenvalue weighted by atomic mass is 9.84. The number of hydrogen-bond acceptors (Lipinski definition) is 3. The van der Waals surface area contributed by atoms with Crippen molar-refractivity contribution < 1.29 is 0 Å². The van der Waals surface area contributed by atoms with Gasteiger partial charge < -0.3 is 5.32 Å². The van der Waals surface area contributed by atoms with Gasteiger partial charge in [0.2, 0.25) is 0 Å². The van der Waals surface area contributed by atoms with Gasteiger partial charge in [-0.05, 0) is 40.3 Å². The lowest BCUT2D eigenvalue weighted by Gasteiger charge is -2.46. The van der Waals surface area contributed by atoms with Gasteiger partial charge in [-0.2, -0.15) is 0 Å². The van der Waals surface area contributed by atoms with Gasteiger partial charge in [-0.15, -0.1) is 0 Å². The summed E-state index contributed by atoms with van der Waals surface area (Å²) in [7, 11) is 4.30. The summed E-state index contributed by atoms with van der Waals surface area (Å²) in [6, 6.07) is 1.88. The molecule has 3 heteroatoms. The smallest absolute Gasteiger partial charge is 0.0195 e. The summed E-state index contributed by atoms with van der Waals surface area (Å²) in [5.41, 5.74) is 0.324. The van der Waals surface area contributed by atoms with Crippen molar-refractivity contribution in [3.05, 3.63) is 0 Å². The maximum absolute atomic E-state index is 3.39.